The first-order valence-corrected chi connectivity index (χ1v) is 5.15. The van der Waals surface area contributed by atoms with Crippen molar-refractivity contribution in [3.8, 4) is 0 Å². The van der Waals surface area contributed by atoms with Crippen molar-refractivity contribution in [1.29, 1.82) is 0 Å². The molecule has 0 aromatic heterocycles. The van der Waals surface area contributed by atoms with Gasteiger partial charge in [0.2, 0.25) is 0 Å². The number of nitrogens with one attached hydrogen (secondary N) is 1. The Labute approximate surface area is 90.8 Å². The molecule has 0 fully saturated rings. The van der Waals surface area contributed by atoms with Gasteiger partial charge in [-0.2, -0.15) is 0 Å². The molecule has 1 heteroatoms. The molecular weight excluding hydrogens is 182 g/mol. The Morgan fingerprint density at radius 2 is 1.67 bits per heavy atom. The highest BCUT2D eigenvalue weighted by atomic mass is 14.9. The average Bonchev–Trinajstić information content (AvgIpc) is 2.22. The molecule has 0 aliphatic rings. The standard InChI is InChI=1S/C14H15N/c1-11-6-5-8-13(10-11)15-14-9-4-3-7-12(14)2/h3-10,15H,1-2H3. The molecule has 0 aliphatic heterocycles. The summed E-state index contributed by atoms with van der Waals surface area (Å²) in [7, 11) is 0. The maximum absolute atomic E-state index is 3.41. The van der Waals surface area contributed by atoms with Gasteiger partial charge in [-0.05, 0) is 43.2 Å². The van der Waals surface area contributed by atoms with Crippen LogP contribution >= 0.6 is 0 Å². The summed E-state index contributed by atoms with van der Waals surface area (Å²) in [4.78, 5) is 0. The zero-order chi connectivity index (χ0) is 10.7. The molecule has 1 nitrogen and oxygen atoms in total. The Hall–Kier alpha value is -1.76. The Balaban J connectivity index is 2.26. The molecule has 2 aromatic rings. The lowest BCUT2D eigenvalue weighted by molar-refractivity contribution is 1.41. The molecule has 0 radical (unpaired) electrons. The van der Waals surface area contributed by atoms with Gasteiger partial charge >= 0.3 is 0 Å². The minimum Gasteiger partial charge on any atom is -0.355 e. The molecule has 76 valence electrons. The minimum absolute atomic E-state index is 1.14. The molecule has 2 rings (SSSR count). The van der Waals surface area contributed by atoms with Crippen molar-refractivity contribution >= 4 is 11.4 Å². The lowest BCUT2D eigenvalue weighted by Crippen LogP contribution is -1.92. The second-order valence-electron chi connectivity index (χ2n) is 3.81. The van der Waals surface area contributed by atoms with Gasteiger partial charge < -0.3 is 5.32 Å². The summed E-state index contributed by atoms with van der Waals surface area (Å²) in [6, 6.07) is 16.7. The first-order valence-electron chi connectivity index (χ1n) is 5.15. The predicted octanol–water partition coefficient (Wildman–Crippen LogP) is 4.05. The molecule has 2 aromatic carbocycles. The van der Waals surface area contributed by atoms with Crippen molar-refractivity contribution in [2.75, 3.05) is 5.32 Å². The van der Waals surface area contributed by atoms with E-state index in [9.17, 15) is 0 Å². The summed E-state index contributed by atoms with van der Waals surface area (Å²) < 4.78 is 0. The van der Waals surface area contributed by atoms with E-state index in [1.54, 1.807) is 0 Å². The lowest BCUT2D eigenvalue weighted by atomic mass is 10.2. The van der Waals surface area contributed by atoms with Gasteiger partial charge in [0.05, 0.1) is 0 Å². The maximum Gasteiger partial charge on any atom is 0.0413 e. The van der Waals surface area contributed by atoms with E-state index in [1.807, 2.05) is 6.07 Å². The van der Waals surface area contributed by atoms with E-state index in [1.165, 1.54) is 16.8 Å². The molecule has 0 spiro atoms. The van der Waals surface area contributed by atoms with E-state index in [0.717, 1.165) is 5.69 Å². The maximum atomic E-state index is 3.41. The molecule has 1 N–H and O–H groups in total. The summed E-state index contributed by atoms with van der Waals surface area (Å²) in [6.07, 6.45) is 0. The fraction of sp³-hybridized carbons (Fsp3) is 0.143. The van der Waals surface area contributed by atoms with E-state index in [0.29, 0.717) is 0 Å². The molecular formula is C14H15N. The topological polar surface area (TPSA) is 12.0 Å². The summed E-state index contributed by atoms with van der Waals surface area (Å²) >= 11 is 0. The Kier molecular flexibility index (Phi) is 2.72. The highest BCUT2D eigenvalue weighted by molar-refractivity contribution is 5.63. The fourth-order valence-corrected chi connectivity index (χ4v) is 1.59. The SMILES string of the molecule is Cc1cccc(Nc2ccccc2C)c1. The van der Waals surface area contributed by atoms with Gasteiger partial charge in [0.1, 0.15) is 0 Å². The molecule has 0 bridgehead atoms. The van der Waals surface area contributed by atoms with Crippen LogP contribution in [0.25, 0.3) is 0 Å². The average molecular weight is 197 g/mol. The summed E-state index contributed by atoms with van der Waals surface area (Å²) in [5.74, 6) is 0. The van der Waals surface area contributed by atoms with Crippen LogP contribution in [0, 0.1) is 13.8 Å². The third-order valence-electron chi connectivity index (χ3n) is 2.44. The van der Waals surface area contributed by atoms with Crippen molar-refractivity contribution in [3.63, 3.8) is 0 Å². The van der Waals surface area contributed by atoms with Crippen LogP contribution in [-0.4, -0.2) is 0 Å². The number of anilines is 2. The zero-order valence-electron chi connectivity index (χ0n) is 9.12. The van der Waals surface area contributed by atoms with Gasteiger partial charge in [-0.3, -0.25) is 0 Å². The van der Waals surface area contributed by atoms with Crippen LogP contribution in [0.2, 0.25) is 0 Å². The molecule has 0 saturated heterocycles. The number of para-hydroxylation sites is 1. The van der Waals surface area contributed by atoms with Gasteiger partial charge in [-0.1, -0.05) is 30.3 Å². The van der Waals surface area contributed by atoms with Crippen molar-refractivity contribution in [2.24, 2.45) is 0 Å². The number of rotatable bonds is 2. The van der Waals surface area contributed by atoms with Gasteiger partial charge in [-0.25, -0.2) is 0 Å². The van der Waals surface area contributed by atoms with Crippen LogP contribution in [0.15, 0.2) is 48.5 Å². The van der Waals surface area contributed by atoms with Crippen LogP contribution in [0.3, 0.4) is 0 Å². The van der Waals surface area contributed by atoms with Gasteiger partial charge in [0, 0.05) is 11.4 Å². The number of benzene rings is 2. The van der Waals surface area contributed by atoms with Crippen molar-refractivity contribution < 1.29 is 0 Å². The monoisotopic (exact) mass is 197 g/mol. The number of hydrogen-bond acceptors (Lipinski definition) is 1. The van der Waals surface area contributed by atoms with E-state index in [2.05, 4.69) is 61.6 Å². The normalized spacial score (nSPS) is 10.0. The predicted molar refractivity (Wildman–Crippen MR) is 65.6 cm³/mol. The van der Waals surface area contributed by atoms with E-state index in [-0.39, 0.29) is 0 Å². The highest BCUT2D eigenvalue weighted by Gasteiger charge is 1.97. The third-order valence-corrected chi connectivity index (χ3v) is 2.44. The van der Waals surface area contributed by atoms with Crippen LogP contribution in [0.4, 0.5) is 11.4 Å². The van der Waals surface area contributed by atoms with E-state index >= 15 is 0 Å². The second kappa shape index (κ2) is 4.18. The van der Waals surface area contributed by atoms with Crippen molar-refractivity contribution in [1.82, 2.24) is 0 Å². The first kappa shape index (κ1) is 9.78. The van der Waals surface area contributed by atoms with Crippen LogP contribution in [0.1, 0.15) is 11.1 Å². The van der Waals surface area contributed by atoms with Gasteiger partial charge in [0.25, 0.3) is 0 Å². The Bertz CT molecular complexity index is 460. The van der Waals surface area contributed by atoms with Crippen molar-refractivity contribution in [3.05, 3.63) is 59.7 Å². The minimum atomic E-state index is 1.14. The summed E-state index contributed by atoms with van der Waals surface area (Å²) in [6.45, 7) is 4.21. The molecule has 0 amide bonds. The summed E-state index contributed by atoms with van der Waals surface area (Å²) in [5, 5.41) is 3.41. The zero-order valence-corrected chi connectivity index (χ0v) is 9.12. The van der Waals surface area contributed by atoms with Crippen molar-refractivity contribution in [2.45, 2.75) is 13.8 Å². The molecule has 0 aliphatic carbocycles. The number of aryl methyl sites for hydroxylation is 2. The summed E-state index contributed by atoms with van der Waals surface area (Å²) in [5.41, 5.74) is 4.85. The largest absolute Gasteiger partial charge is 0.355 e. The molecule has 0 heterocycles. The fourth-order valence-electron chi connectivity index (χ4n) is 1.59. The van der Waals surface area contributed by atoms with E-state index < -0.39 is 0 Å². The molecule has 0 atom stereocenters. The molecule has 0 unspecified atom stereocenters. The Morgan fingerprint density at radius 3 is 2.40 bits per heavy atom. The van der Waals surface area contributed by atoms with E-state index in [4.69, 9.17) is 0 Å². The van der Waals surface area contributed by atoms with Crippen LogP contribution in [-0.2, 0) is 0 Å². The number of hydrogen-bond donors (Lipinski definition) is 1. The van der Waals surface area contributed by atoms with Crippen LogP contribution in [0.5, 0.6) is 0 Å². The highest BCUT2D eigenvalue weighted by Crippen LogP contribution is 2.20. The first-order chi connectivity index (χ1) is 7.25. The Morgan fingerprint density at radius 1 is 0.867 bits per heavy atom. The smallest absolute Gasteiger partial charge is 0.0413 e. The molecule has 15 heavy (non-hydrogen) atoms. The third kappa shape index (κ3) is 2.38. The molecule has 0 saturated carbocycles. The lowest BCUT2D eigenvalue weighted by Gasteiger charge is -2.09. The van der Waals surface area contributed by atoms with Crippen LogP contribution < -0.4 is 5.32 Å². The second-order valence-corrected chi connectivity index (χ2v) is 3.81. The van der Waals surface area contributed by atoms with Gasteiger partial charge in [0.15, 0.2) is 0 Å². The van der Waals surface area contributed by atoms with Gasteiger partial charge in [-0.15, -0.1) is 0 Å². The quantitative estimate of drug-likeness (QED) is 0.766.